The molecule has 1 N–H and O–H groups in total. The van der Waals surface area contributed by atoms with Gasteiger partial charge in [-0.15, -0.1) is 0 Å². The monoisotopic (exact) mass is 250 g/mol. The van der Waals surface area contributed by atoms with E-state index in [1.807, 2.05) is 0 Å². The number of piperidine rings is 1. The quantitative estimate of drug-likeness (QED) is 0.807. The van der Waals surface area contributed by atoms with Gasteiger partial charge in [0.1, 0.15) is 0 Å². The minimum absolute atomic E-state index is 0.771. The second-order valence-electron chi connectivity index (χ2n) is 7.26. The lowest BCUT2D eigenvalue weighted by molar-refractivity contribution is 0.141. The summed E-state index contributed by atoms with van der Waals surface area (Å²) in [5.41, 5.74) is 0. The van der Waals surface area contributed by atoms with Gasteiger partial charge in [0.05, 0.1) is 0 Å². The summed E-state index contributed by atoms with van der Waals surface area (Å²) in [5.74, 6) is 2.92. The summed E-state index contributed by atoms with van der Waals surface area (Å²) in [6, 6.07) is 0.771. The fourth-order valence-electron chi connectivity index (χ4n) is 3.97. The molecule has 3 fully saturated rings. The van der Waals surface area contributed by atoms with Crippen molar-refractivity contribution in [2.75, 3.05) is 26.2 Å². The molecule has 104 valence electrons. The molecule has 3 rings (SSSR count). The Kier molecular flexibility index (Phi) is 4.25. The predicted octanol–water partition coefficient (Wildman–Crippen LogP) is 2.89. The highest BCUT2D eigenvalue weighted by atomic mass is 15.2. The van der Waals surface area contributed by atoms with Crippen molar-refractivity contribution >= 4 is 0 Å². The van der Waals surface area contributed by atoms with Gasteiger partial charge in [0.25, 0.3) is 0 Å². The zero-order valence-electron chi connectivity index (χ0n) is 12.0. The summed E-state index contributed by atoms with van der Waals surface area (Å²) in [6.07, 6.45) is 10.3. The number of likely N-dealkylation sites (tertiary alicyclic amines) is 1. The van der Waals surface area contributed by atoms with Crippen molar-refractivity contribution in [2.24, 2.45) is 17.8 Å². The molecule has 2 atom stereocenters. The summed E-state index contributed by atoms with van der Waals surface area (Å²) in [4.78, 5) is 2.73. The molecular formula is C16H30N2. The molecule has 0 spiro atoms. The van der Waals surface area contributed by atoms with Crippen molar-refractivity contribution in [1.82, 2.24) is 10.2 Å². The van der Waals surface area contributed by atoms with Gasteiger partial charge in [-0.1, -0.05) is 19.8 Å². The summed E-state index contributed by atoms with van der Waals surface area (Å²) in [7, 11) is 0. The van der Waals surface area contributed by atoms with Gasteiger partial charge >= 0.3 is 0 Å². The Bertz CT molecular complexity index is 254. The fourth-order valence-corrected chi connectivity index (χ4v) is 3.97. The van der Waals surface area contributed by atoms with Gasteiger partial charge in [-0.3, -0.25) is 0 Å². The Balaban J connectivity index is 1.42. The van der Waals surface area contributed by atoms with Crippen LogP contribution in [0.4, 0.5) is 0 Å². The first-order valence-corrected chi connectivity index (χ1v) is 8.25. The van der Waals surface area contributed by atoms with Crippen molar-refractivity contribution < 1.29 is 0 Å². The van der Waals surface area contributed by atoms with Crippen molar-refractivity contribution in [3.8, 4) is 0 Å². The molecule has 1 heterocycles. The molecule has 0 aromatic heterocycles. The first-order chi connectivity index (χ1) is 8.79. The third-order valence-electron chi connectivity index (χ3n) is 5.12. The van der Waals surface area contributed by atoms with Crippen molar-refractivity contribution in [3.05, 3.63) is 0 Å². The molecule has 1 aliphatic heterocycles. The summed E-state index contributed by atoms with van der Waals surface area (Å²) >= 11 is 0. The van der Waals surface area contributed by atoms with Crippen LogP contribution in [0.2, 0.25) is 0 Å². The Morgan fingerprint density at radius 1 is 1.00 bits per heavy atom. The van der Waals surface area contributed by atoms with E-state index in [4.69, 9.17) is 0 Å². The van der Waals surface area contributed by atoms with Gasteiger partial charge in [-0.25, -0.2) is 0 Å². The van der Waals surface area contributed by atoms with Crippen LogP contribution in [-0.2, 0) is 0 Å². The molecule has 3 aliphatic rings. The minimum Gasteiger partial charge on any atom is -0.312 e. The van der Waals surface area contributed by atoms with E-state index >= 15 is 0 Å². The summed E-state index contributed by atoms with van der Waals surface area (Å²) in [6.45, 7) is 7.76. The molecule has 2 aliphatic carbocycles. The maximum atomic E-state index is 3.88. The topological polar surface area (TPSA) is 15.3 Å². The van der Waals surface area contributed by atoms with Gasteiger partial charge < -0.3 is 10.2 Å². The molecule has 0 amide bonds. The third kappa shape index (κ3) is 3.71. The molecule has 0 aromatic carbocycles. The Labute approximate surface area is 113 Å². The first-order valence-electron chi connectivity index (χ1n) is 8.25. The minimum atomic E-state index is 0.771. The number of nitrogens with one attached hydrogen (secondary N) is 1. The average Bonchev–Trinajstić information content (AvgIpc) is 2.99. The highest BCUT2D eigenvalue weighted by Crippen LogP contribution is 2.31. The Hall–Kier alpha value is -0.0800. The van der Waals surface area contributed by atoms with Crippen LogP contribution in [0.15, 0.2) is 0 Å². The van der Waals surface area contributed by atoms with Crippen LogP contribution >= 0.6 is 0 Å². The van der Waals surface area contributed by atoms with Gasteiger partial charge in [0, 0.05) is 25.7 Å². The van der Waals surface area contributed by atoms with Gasteiger partial charge in [0.15, 0.2) is 0 Å². The number of rotatable bonds is 5. The third-order valence-corrected chi connectivity index (χ3v) is 5.12. The lowest BCUT2D eigenvalue weighted by atomic mass is 9.95. The second-order valence-corrected chi connectivity index (χ2v) is 7.26. The van der Waals surface area contributed by atoms with E-state index in [1.54, 1.807) is 0 Å². The van der Waals surface area contributed by atoms with Crippen molar-refractivity contribution in [1.29, 1.82) is 0 Å². The predicted molar refractivity (Wildman–Crippen MR) is 76.7 cm³/mol. The highest BCUT2D eigenvalue weighted by molar-refractivity contribution is 4.86. The van der Waals surface area contributed by atoms with E-state index in [-0.39, 0.29) is 0 Å². The van der Waals surface area contributed by atoms with E-state index in [1.165, 1.54) is 71.1 Å². The van der Waals surface area contributed by atoms with Crippen LogP contribution in [-0.4, -0.2) is 37.1 Å². The lowest BCUT2D eigenvalue weighted by Gasteiger charge is -2.37. The molecular weight excluding hydrogens is 220 g/mol. The Morgan fingerprint density at radius 2 is 1.78 bits per heavy atom. The smallest absolute Gasteiger partial charge is 0.0198 e. The van der Waals surface area contributed by atoms with Gasteiger partial charge in [0.2, 0.25) is 0 Å². The van der Waals surface area contributed by atoms with Crippen LogP contribution < -0.4 is 5.32 Å². The van der Waals surface area contributed by atoms with Crippen LogP contribution in [0.1, 0.15) is 51.9 Å². The van der Waals surface area contributed by atoms with Crippen LogP contribution in [0.25, 0.3) is 0 Å². The molecule has 0 radical (unpaired) electrons. The van der Waals surface area contributed by atoms with Gasteiger partial charge in [-0.2, -0.15) is 0 Å². The molecule has 2 heteroatoms. The first kappa shape index (κ1) is 12.9. The maximum Gasteiger partial charge on any atom is 0.0198 e. The molecule has 18 heavy (non-hydrogen) atoms. The van der Waals surface area contributed by atoms with E-state index in [2.05, 4.69) is 17.1 Å². The molecule has 0 aromatic rings. The molecule has 1 saturated heterocycles. The van der Waals surface area contributed by atoms with Gasteiger partial charge in [-0.05, 0) is 56.4 Å². The lowest BCUT2D eigenvalue weighted by Crippen LogP contribution is -2.50. The van der Waals surface area contributed by atoms with Crippen LogP contribution in [0.5, 0.6) is 0 Å². The van der Waals surface area contributed by atoms with E-state index < -0.39 is 0 Å². The zero-order chi connectivity index (χ0) is 12.4. The zero-order valence-corrected chi connectivity index (χ0v) is 12.0. The normalized spacial score (nSPS) is 35.2. The molecule has 2 nitrogen and oxygen atoms in total. The van der Waals surface area contributed by atoms with E-state index in [0.717, 1.165) is 23.8 Å². The maximum absolute atomic E-state index is 3.88. The average molecular weight is 250 g/mol. The summed E-state index contributed by atoms with van der Waals surface area (Å²) < 4.78 is 0. The molecule has 2 saturated carbocycles. The van der Waals surface area contributed by atoms with E-state index in [0.29, 0.717) is 0 Å². The fraction of sp³-hybridized carbons (Fsp3) is 1.00. The largest absolute Gasteiger partial charge is 0.312 e. The van der Waals surface area contributed by atoms with Crippen molar-refractivity contribution in [3.63, 3.8) is 0 Å². The number of hydrogen-bond donors (Lipinski definition) is 1. The van der Waals surface area contributed by atoms with E-state index in [9.17, 15) is 0 Å². The number of hydrogen-bond acceptors (Lipinski definition) is 2. The molecule has 2 unspecified atom stereocenters. The Morgan fingerprint density at radius 3 is 2.50 bits per heavy atom. The van der Waals surface area contributed by atoms with Crippen LogP contribution in [0, 0.1) is 17.8 Å². The SMILES string of the molecule is CC1CC(NCC2CCCC2)CN(CC2CC2)C1. The molecule has 0 bridgehead atoms. The summed E-state index contributed by atoms with van der Waals surface area (Å²) in [5, 5.41) is 3.88. The number of nitrogens with zero attached hydrogens (tertiary/aromatic N) is 1. The van der Waals surface area contributed by atoms with Crippen molar-refractivity contribution in [2.45, 2.75) is 57.9 Å². The standard InChI is InChI=1S/C16H30N2/c1-13-8-16(17-9-14-4-2-3-5-14)12-18(10-13)11-15-6-7-15/h13-17H,2-12H2,1H3. The second kappa shape index (κ2) is 5.92. The highest BCUT2D eigenvalue weighted by Gasteiger charge is 2.30. The van der Waals surface area contributed by atoms with Crippen LogP contribution in [0.3, 0.4) is 0 Å².